The van der Waals surface area contributed by atoms with Crippen molar-refractivity contribution >= 4 is 50.5 Å². The van der Waals surface area contributed by atoms with Crippen molar-refractivity contribution in [3.63, 3.8) is 0 Å². The molecule has 0 spiro atoms. The summed E-state index contributed by atoms with van der Waals surface area (Å²) in [4.78, 5) is 12.5. The highest BCUT2D eigenvalue weighted by Gasteiger charge is 2.40. The topological polar surface area (TPSA) is 84.5 Å². The van der Waals surface area contributed by atoms with Gasteiger partial charge in [0.1, 0.15) is 5.75 Å². The standard InChI is InChI=1S/C22H24Cl2N2O4S/c1-30-21-7-4-16(25-22(27)10-15-9-13-2-3-14(15)8-13)11-20(21)26-31(28,29)17-5-6-18(23)19(24)12-17/h4-7,11-15,26H,2-3,8-10H2,1H3,(H,25,27). The maximum absolute atomic E-state index is 12.8. The van der Waals surface area contributed by atoms with Crippen LogP contribution in [-0.4, -0.2) is 21.4 Å². The van der Waals surface area contributed by atoms with Gasteiger partial charge in [-0.15, -0.1) is 0 Å². The van der Waals surface area contributed by atoms with Crippen LogP contribution in [0.1, 0.15) is 32.1 Å². The first-order valence-corrected chi connectivity index (χ1v) is 12.4. The van der Waals surface area contributed by atoms with E-state index in [1.165, 1.54) is 44.6 Å². The van der Waals surface area contributed by atoms with Crippen LogP contribution in [0.25, 0.3) is 0 Å². The molecule has 3 atom stereocenters. The Hall–Kier alpha value is -1.96. The van der Waals surface area contributed by atoms with E-state index in [4.69, 9.17) is 27.9 Å². The molecule has 2 aromatic rings. The van der Waals surface area contributed by atoms with Crippen molar-refractivity contribution in [1.29, 1.82) is 0 Å². The van der Waals surface area contributed by atoms with Crippen molar-refractivity contribution in [3.05, 3.63) is 46.4 Å². The zero-order valence-electron chi connectivity index (χ0n) is 17.0. The van der Waals surface area contributed by atoms with E-state index in [9.17, 15) is 13.2 Å². The molecule has 3 unspecified atom stereocenters. The van der Waals surface area contributed by atoms with Crippen LogP contribution in [0.15, 0.2) is 41.3 Å². The highest BCUT2D eigenvalue weighted by atomic mass is 35.5. The molecule has 2 saturated carbocycles. The summed E-state index contributed by atoms with van der Waals surface area (Å²) in [5, 5.41) is 3.29. The van der Waals surface area contributed by atoms with Gasteiger partial charge in [-0.1, -0.05) is 29.6 Å². The van der Waals surface area contributed by atoms with Crippen LogP contribution >= 0.6 is 23.2 Å². The van der Waals surface area contributed by atoms with E-state index < -0.39 is 10.0 Å². The van der Waals surface area contributed by atoms with E-state index in [0.717, 1.165) is 12.3 Å². The summed E-state index contributed by atoms with van der Waals surface area (Å²) in [6, 6.07) is 8.91. The first kappa shape index (κ1) is 22.2. The molecule has 2 fully saturated rings. The van der Waals surface area contributed by atoms with Gasteiger partial charge in [-0.2, -0.15) is 0 Å². The van der Waals surface area contributed by atoms with Crippen LogP contribution < -0.4 is 14.8 Å². The zero-order valence-corrected chi connectivity index (χ0v) is 19.4. The molecule has 31 heavy (non-hydrogen) atoms. The maximum atomic E-state index is 12.8. The van der Waals surface area contributed by atoms with Gasteiger partial charge >= 0.3 is 0 Å². The SMILES string of the molecule is COc1ccc(NC(=O)CC2CC3CCC2C3)cc1NS(=O)(=O)c1ccc(Cl)c(Cl)c1. The molecule has 0 aromatic heterocycles. The number of carbonyl (C=O) groups is 1. The zero-order chi connectivity index (χ0) is 22.2. The number of methoxy groups -OCH3 is 1. The van der Waals surface area contributed by atoms with Gasteiger partial charge in [0, 0.05) is 12.1 Å². The van der Waals surface area contributed by atoms with Crippen molar-refractivity contribution in [2.75, 3.05) is 17.1 Å². The number of carbonyl (C=O) groups excluding carboxylic acids is 1. The fraction of sp³-hybridized carbons (Fsp3) is 0.409. The van der Waals surface area contributed by atoms with Crippen molar-refractivity contribution in [1.82, 2.24) is 0 Å². The normalized spacial score (nSPS) is 22.4. The number of hydrogen-bond acceptors (Lipinski definition) is 4. The van der Waals surface area contributed by atoms with Crippen molar-refractivity contribution in [3.8, 4) is 5.75 Å². The quantitative estimate of drug-likeness (QED) is 0.540. The Morgan fingerprint density at radius 3 is 2.55 bits per heavy atom. The van der Waals surface area contributed by atoms with Crippen LogP contribution in [0.2, 0.25) is 10.0 Å². The number of sulfonamides is 1. The summed E-state index contributed by atoms with van der Waals surface area (Å²) in [6.07, 6.45) is 5.41. The maximum Gasteiger partial charge on any atom is 0.262 e. The van der Waals surface area contributed by atoms with Gasteiger partial charge < -0.3 is 10.1 Å². The molecule has 0 saturated heterocycles. The lowest BCUT2D eigenvalue weighted by Gasteiger charge is -2.21. The minimum absolute atomic E-state index is 0.0327. The fourth-order valence-electron chi connectivity index (χ4n) is 4.79. The summed E-state index contributed by atoms with van der Waals surface area (Å²) < 4.78 is 33.4. The monoisotopic (exact) mass is 482 g/mol. The lowest BCUT2D eigenvalue weighted by molar-refractivity contribution is -0.117. The number of ether oxygens (including phenoxy) is 1. The minimum Gasteiger partial charge on any atom is -0.495 e. The summed E-state index contributed by atoms with van der Waals surface area (Å²) in [7, 11) is -2.50. The molecule has 2 bridgehead atoms. The summed E-state index contributed by atoms with van der Waals surface area (Å²) in [5.41, 5.74) is 0.715. The smallest absolute Gasteiger partial charge is 0.262 e. The number of rotatable bonds is 7. The van der Waals surface area contributed by atoms with Gasteiger partial charge in [0.25, 0.3) is 10.0 Å². The first-order chi connectivity index (χ1) is 14.7. The van der Waals surface area contributed by atoms with E-state index in [2.05, 4.69) is 10.0 Å². The predicted molar refractivity (Wildman–Crippen MR) is 122 cm³/mol. The molecule has 6 nitrogen and oxygen atoms in total. The third kappa shape index (κ3) is 4.94. The molecule has 2 aromatic carbocycles. The van der Waals surface area contributed by atoms with Gasteiger partial charge in [0.2, 0.25) is 5.91 Å². The van der Waals surface area contributed by atoms with Crippen LogP contribution in [0.4, 0.5) is 11.4 Å². The van der Waals surface area contributed by atoms with E-state index >= 15 is 0 Å². The Morgan fingerprint density at radius 2 is 1.90 bits per heavy atom. The Balaban J connectivity index is 1.49. The van der Waals surface area contributed by atoms with Crippen molar-refractivity contribution < 1.29 is 17.9 Å². The van der Waals surface area contributed by atoms with E-state index in [1.807, 2.05) is 0 Å². The Morgan fingerprint density at radius 1 is 1.10 bits per heavy atom. The Bertz CT molecular complexity index is 1110. The molecule has 2 aliphatic carbocycles. The predicted octanol–water partition coefficient (Wildman–Crippen LogP) is 5.57. The molecule has 4 rings (SSSR count). The number of benzene rings is 2. The van der Waals surface area contributed by atoms with E-state index in [-0.39, 0.29) is 26.5 Å². The molecule has 0 heterocycles. The van der Waals surface area contributed by atoms with Gasteiger partial charge in [0.15, 0.2) is 0 Å². The Kier molecular flexibility index (Phi) is 6.37. The molecule has 1 amide bonds. The molecule has 0 aliphatic heterocycles. The summed E-state index contributed by atoms with van der Waals surface area (Å²) in [5.74, 6) is 2.17. The minimum atomic E-state index is -3.94. The van der Waals surface area contributed by atoms with Gasteiger partial charge in [-0.05, 0) is 73.4 Å². The second-order valence-electron chi connectivity index (χ2n) is 8.28. The molecular formula is C22H24Cl2N2O4S. The summed E-state index contributed by atoms with van der Waals surface area (Å²) in [6.45, 7) is 0. The lowest BCUT2D eigenvalue weighted by atomic mass is 9.86. The van der Waals surface area contributed by atoms with Crippen molar-refractivity contribution in [2.24, 2.45) is 17.8 Å². The highest BCUT2D eigenvalue weighted by molar-refractivity contribution is 7.92. The summed E-state index contributed by atoms with van der Waals surface area (Å²) >= 11 is 11.8. The second-order valence-corrected chi connectivity index (χ2v) is 10.8. The molecule has 2 aliphatic rings. The highest BCUT2D eigenvalue weighted by Crippen LogP contribution is 2.49. The van der Waals surface area contributed by atoms with Gasteiger partial charge in [0.05, 0.1) is 27.7 Å². The number of hydrogen-bond donors (Lipinski definition) is 2. The molecule has 166 valence electrons. The number of fused-ring (bicyclic) bond motifs is 2. The van der Waals surface area contributed by atoms with Crippen LogP contribution in [0.5, 0.6) is 5.75 Å². The largest absolute Gasteiger partial charge is 0.495 e. The van der Waals surface area contributed by atoms with Gasteiger partial charge in [-0.25, -0.2) is 8.42 Å². The average molecular weight is 483 g/mol. The van der Waals surface area contributed by atoms with E-state index in [0.29, 0.717) is 29.7 Å². The average Bonchev–Trinajstić information content (AvgIpc) is 3.33. The van der Waals surface area contributed by atoms with Crippen molar-refractivity contribution in [2.45, 2.75) is 37.0 Å². The second kappa shape index (κ2) is 8.88. The van der Waals surface area contributed by atoms with Crippen LogP contribution in [0.3, 0.4) is 0 Å². The number of halogens is 2. The molecule has 2 N–H and O–H groups in total. The van der Waals surface area contributed by atoms with Crippen LogP contribution in [0, 0.1) is 17.8 Å². The first-order valence-electron chi connectivity index (χ1n) is 10.2. The third-order valence-corrected chi connectivity index (χ3v) is 8.36. The third-order valence-electron chi connectivity index (χ3n) is 6.26. The number of amides is 1. The molecule has 0 radical (unpaired) electrons. The van der Waals surface area contributed by atoms with Gasteiger partial charge in [-0.3, -0.25) is 9.52 Å². The Labute approximate surface area is 192 Å². The fourth-order valence-corrected chi connectivity index (χ4v) is 6.24. The van der Waals surface area contributed by atoms with Crippen LogP contribution in [-0.2, 0) is 14.8 Å². The molecular weight excluding hydrogens is 459 g/mol. The van der Waals surface area contributed by atoms with E-state index in [1.54, 1.807) is 18.2 Å². The lowest BCUT2D eigenvalue weighted by Crippen LogP contribution is -2.20. The number of nitrogens with one attached hydrogen (secondary N) is 2. The molecule has 9 heteroatoms. The number of anilines is 2.